The largest absolute Gasteiger partial charge is 0.458 e. The molecule has 0 radical (unpaired) electrons. The fourth-order valence-electron chi connectivity index (χ4n) is 5.73. The van der Waals surface area contributed by atoms with E-state index < -0.39 is 35.6 Å². The van der Waals surface area contributed by atoms with Crippen LogP contribution in [0.1, 0.15) is 85.8 Å². The zero-order valence-electron chi connectivity index (χ0n) is 23.5. The summed E-state index contributed by atoms with van der Waals surface area (Å²) >= 11 is 1.58. The number of pyridine rings is 1. The van der Waals surface area contributed by atoms with Crippen molar-refractivity contribution in [1.82, 2.24) is 4.98 Å². The number of ether oxygens (including phenoxy) is 1. The average Bonchev–Trinajstić information content (AvgIpc) is 3.49. The topological polar surface area (TPSA) is 96.7 Å². The van der Waals surface area contributed by atoms with Crippen molar-refractivity contribution in [2.45, 2.75) is 103 Å². The van der Waals surface area contributed by atoms with E-state index in [4.69, 9.17) is 4.74 Å². The maximum atomic E-state index is 13.3. The van der Waals surface area contributed by atoms with Crippen molar-refractivity contribution in [3.8, 4) is 0 Å². The van der Waals surface area contributed by atoms with E-state index in [1.807, 2.05) is 44.4 Å². The van der Waals surface area contributed by atoms with Crippen LogP contribution in [-0.4, -0.2) is 51.5 Å². The lowest BCUT2D eigenvalue weighted by molar-refractivity contribution is -0.154. The summed E-state index contributed by atoms with van der Waals surface area (Å²) in [5.74, 6) is -0.966. The highest BCUT2D eigenvalue weighted by Gasteiger charge is 2.50. The Bertz CT molecular complexity index is 1010. The summed E-state index contributed by atoms with van der Waals surface area (Å²) in [6.07, 6.45) is 5.95. The molecule has 6 nitrogen and oxygen atoms in total. The monoisotopic (exact) mass is 531 g/mol. The van der Waals surface area contributed by atoms with Crippen LogP contribution in [0.5, 0.6) is 0 Å². The number of fused-ring (bicyclic) bond motifs is 1. The summed E-state index contributed by atoms with van der Waals surface area (Å²) in [4.78, 5) is 31.0. The first kappa shape index (κ1) is 29.9. The van der Waals surface area contributed by atoms with Crippen LogP contribution in [0.15, 0.2) is 28.8 Å². The Kier molecular flexibility index (Phi) is 9.68. The summed E-state index contributed by atoms with van der Waals surface area (Å²) in [5.41, 5.74) is 0.740. The summed E-state index contributed by atoms with van der Waals surface area (Å²) < 4.78 is 5.99. The van der Waals surface area contributed by atoms with Gasteiger partial charge in [0.2, 0.25) is 0 Å². The van der Waals surface area contributed by atoms with Crippen molar-refractivity contribution in [2.24, 2.45) is 28.6 Å². The van der Waals surface area contributed by atoms with Crippen LogP contribution < -0.4 is 0 Å². The molecule has 1 saturated heterocycles. The fraction of sp³-hybridized carbons (Fsp3) is 0.700. The lowest BCUT2D eigenvalue weighted by atomic mass is 9.73. The second-order valence-corrected chi connectivity index (χ2v) is 13.0. The summed E-state index contributed by atoms with van der Waals surface area (Å²) in [6.45, 7) is 11.3. The van der Waals surface area contributed by atoms with Crippen LogP contribution in [0.2, 0.25) is 0 Å². The van der Waals surface area contributed by atoms with Crippen LogP contribution in [0.4, 0.5) is 0 Å². The normalized spacial score (nSPS) is 36.0. The Hall–Kier alpha value is -1.70. The van der Waals surface area contributed by atoms with Crippen LogP contribution in [0, 0.1) is 28.6 Å². The van der Waals surface area contributed by atoms with Crippen molar-refractivity contribution in [1.29, 1.82) is 0 Å². The minimum Gasteiger partial charge on any atom is -0.458 e. The predicted molar refractivity (Wildman–Crippen MR) is 148 cm³/mol. The van der Waals surface area contributed by atoms with Gasteiger partial charge in [-0.3, -0.25) is 9.59 Å². The summed E-state index contributed by atoms with van der Waals surface area (Å²) in [5, 5.41) is 22.8. The third-order valence-corrected chi connectivity index (χ3v) is 9.54. The quantitative estimate of drug-likeness (QED) is 0.382. The molecule has 1 aliphatic carbocycles. The number of hydrogen-bond donors (Lipinski definition) is 2. The van der Waals surface area contributed by atoms with Crippen molar-refractivity contribution in [2.75, 3.05) is 6.26 Å². The van der Waals surface area contributed by atoms with Crippen LogP contribution in [-0.2, 0) is 14.3 Å². The molecule has 0 bridgehead atoms. The van der Waals surface area contributed by atoms with Crippen LogP contribution in [0.25, 0.3) is 6.08 Å². The van der Waals surface area contributed by atoms with Gasteiger partial charge in [0.15, 0.2) is 0 Å². The minimum absolute atomic E-state index is 0.0203. The summed E-state index contributed by atoms with van der Waals surface area (Å²) in [6, 6.07) is 5.87. The molecule has 0 unspecified atom stereocenters. The number of aromatic nitrogens is 1. The number of ketones is 1. The molecule has 7 atom stereocenters. The molecular formula is C30H45NO5S. The number of thioether (sulfide) groups is 1. The first-order valence-electron chi connectivity index (χ1n) is 13.6. The number of esters is 1. The van der Waals surface area contributed by atoms with Crippen molar-refractivity contribution in [3.63, 3.8) is 0 Å². The van der Waals surface area contributed by atoms with E-state index in [1.165, 1.54) is 0 Å². The molecule has 3 rings (SSSR count). The Labute approximate surface area is 226 Å². The van der Waals surface area contributed by atoms with E-state index >= 15 is 0 Å². The molecule has 0 amide bonds. The molecule has 2 heterocycles. The maximum Gasteiger partial charge on any atom is 0.309 e. The van der Waals surface area contributed by atoms with Gasteiger partial charge in [0, 0.05) is 5.92 Å². The average molecular weight is 532 g/mol. The van der Waals surface area contributed by atoms with E-state index in [-0.39, 0.29) is 23.5 Å². The van der Waals surface area contributed by atoms with Gasteiger partial charge in [0.05, 0.1) is 34.8 Å². The molecule has 37 heavy (non-hydrogen) atoms. The molecule has 2 fully saturated rings. The number of nitrogens with zero attached hydrogens (tertiary/aromatic N) is 1. The first-order chi connectivity index (χ1) is 17.3. The highest BCUT2D eigenvalue weighted by molar-refractivity contribution is 7.98. The SMILES string of the molecule is CSc1cccc(/C=C(\C)[C@@H]2C[C@@H]3C[C@@]3(C)CCC[C@H](C)[C@H](O)[C@@H](C)C(=O)C(C)(C)[C@@H](O)CC(=O)O2)n1. The van der Waals surface area contributed by atoms with Gasteiger partial charge < -0.3 is 14.9 Å². The maximum absolute atomic E-state index is 13.3. The minimum atomic E-state index is -1.21. The van der Waals surface area contributed by atoms with Crippen molar-refractivity contribution >= 4 is 29.6 Å². The molecule has 0 spiro atoms. The first-order valence-corrected chi connectivity index (χ1v) is 14.8. The fourth-order valence-corrected chi connectivity index (χ4v) is 6.14. The second kappa shape index (κ2) is 12.0. The van der Waals surface area contributed by atoms with Gasteiger partial charge in [-0.25, -0.2) is 4.98 Å². The highest BCUT2D eigenvalue weighted by atomic mass is 32.2. The van der Waals surface area contributed by atoms with Crippen LogP contribution in [0.3, 0.4) is 0 Å². The molecule has 1 saturated carbocycles. The van der Waals surface area contributed by atoms with E-state index in [9.17, 15) is 19.8 Å². The van der Waals surface area contributed by atoms with E-state index in [2.05, 4.69) is 11.9 Å². The van der Waals surface area contributed by atoms with Gasteiger partial charge in [-0.1, -0.05) is 47.1 Å². The standard InChI is InChI=1S/C30H45NO5S/c1-18-10-9-13-30(6)17-21(30)15-23(19(2)14-22-11-8-12-25(31-22)37-7)36-26(33)16-24(32)29(4,5)28(35)20(3)27(18)34/h8,11-12,14,18,20-21,23-24,27,32,34H,9-10,13,15-17H2,1-7H3/b19-14+/t18-,20+,21+,23-,24-,27-,30+/m0/s1. The molecule has 2 aliphatic rings. The lowest BCUT2D eigenvalue weighted by Gasteiger charge is -2.34. The van der Waals surface area contributed by atoms with Crippen molar-refractivity contribution in [3.05, 3.63) is 29.5 Å². The number of cyclic esters (lactones) is 1. The van der Waals surface area contributed by atoms with Gasteiger partial charge in [-0.05, 0) is 79.9 Å². The molecule has 0 aromatic carbocycles. The highest BCUT2D eigenvalue weighted by Crippen LogP contribution is 2.58. The van der Waals surface area contributed by atoms with Gasteiger partial charge >= 0.3 is 5.97 Å². The van der Waals surface area contributed by atoms with E-state index in [0.29, 0.717) is 5.92 Å². The number of aliphatic hydroxyl groups excluding tert-OH is 2. The summed E-state index contributed by atoms with van der Waals surface area (Å²) in [7, 11) is 0. The van der Waals surface area contributed by atoms with Gasteiger partial charge in [-0.15, -0.1) is 11.8 Å². The number of rotatable bonds is 3. The Balaban J connectivity index is 1.87. The van der Waals surface area contributed by atoms with Gasteiger partial charge in [0.1, 0.15) is 11.9 Å². The van der Waals surface area contributed by atoms with Crippen molar-refractivity contribution < 1.29 is 24.5 Å². The van der Waals surface area contributed by atoms with E-state index in [1.54, 1.807) is 32.5 Å². The smallest absolute Gasteiger partial charge is 0.309 e. The second-order valence-electron chi connectivity index (χ2n) is 12.2. The van der Waals surface area contributed by atoms with Crippen LogP contribution >= 0.6 is 11.8 Å². The lowest BCUT2D eigenvalue weighted by Crippen LogP contribution is -2.45. The predicted octanol–water partition coefficient (Wildman–Crippen LogP) is 5.70. The zero-order valence-corrected chi connectivity index (χ0v) is 24.3. The van der Waals surface area contributed by atoms with Gasteiger partial charge in [0.25, 0.3) is 0 Å². The zero-order chi connectivity index (χ0) is 27.5. The third-order valence-electron chi connectivity index (χ3n) is 8.89. The molecule has 206 valence electrons. The molecule has 1 aliphatic heterocycles. The Morgan fingerprint density at radius 1 is 1.19 bits per heavy atom. The number of hydrogen-bond acceptors (Lipinski definition) is 7. The number of aliphatic hydroxyl groups is 2. The van der Waals surface area contributed by atoms with E-state index in [0.717, 1.165) is 48.4 Å². The molecule has 1 aromatic heterocycles. The molecule has 2 N–H and O–H groups in total. The molecule has 1 aromatic rings. The molecular weight excluding hydrogens is 486 g/mol. The number of Topliss-reactive ketones (excluding diaryl/α,β-unsaturated/α-hetero) is 1. The Morgan fingerprint density at radius 2 is 1.89 bits per heavy atom. The molecule has 7 heteroatoms. The number of carbonyl (C=O) groups excluding carboxylic acids is 2. The third kappa shape index (κ3) is 7.24. The Morgan fingerprint density at radius 3 is 2.57 bits per heavy atom. The van der Waals surface area contributed by atoms with Gasteiger partial charge in [-0.2, -0.15) is 0 Å². The number of carbonyl (C=O) groups is 2.